The molecule has 0 aliphatic heterocycles. The van der Waals surface area contributed by atoms with E-state index in [-0.39, 0.29) is 11.5 Å². The fraction of sp³-hybridized carbons (Fsp3) is 0.333. The van der Waals surface area contributed by atoms with Crippen molar-refractivity contribution in [1.29, 1.82) is 0 Å². The van der Waals surface area contributed by atoms with Crippen LogP contribution in [0.5, 0.6) is 0 Å². The van der Waals surface area contributed by atoms with Gasteiger partial charge in [-0.2, -0.15) is 0 Å². The van der Waals surface area contributed by atoms with Gasteiger partial charge in [-0.15, -0.1) is 6.42 Å². The number of terminal acetylenes is 1. The van der Waals surface area contributed by atoms with Gasteiger partial charge in [0, 0.05) is 0 Å². The second-order valence-electron chi connectivity index (χ2n) is 3.86. The Hall–Kier alpha value is -1.35. The first-order chi connectivity index (χ1) is 8.13. The second-order valence-corrected chi connectivity index (χ2v) is 5.51. The SMILES string of the molecule is C#CCONS(=O)(=O)c1ccc2c(c1)CCC2. The highest BCUT2D eigenvalue weighted by Gasteiger charge is 2.18. The Morgan fingerprint density at radius 2 is 2.12 bits per heavy atom. The molecule has 0 saturated heterocycles. The summed E-state index contributed by atoms with van der Waals surface area (Å²) in [6.07, 6.45) is 8.00. The summed E-state index contributed by atoms with van der Waals surface area (Å²) in [7, 11) is -3.62. The summed E-state index contributed by atoms with van der Waals surface area (Å²) in [5.41, 5.74) is 2.33. The number of aryl methyl sites for hydroxylation is 2. The smallest absolute Gasteiger partial charge is 0.262 e. The van der Waals surface area contributed by atoms with E-state index in [2.05, 4.69) is 10.8 Å². The van der Waals surface area contributed by atoms with Crippen molar-refractivity contribution in [3.8, 4) is 12.3 Å². The predicted molar refractivity (Wildman–Crippen MR) is 63.6 cm³/mol. The molecule has 0 fully saturated rings. The van der Waals surface area contributed by atoms with Crippen molar-refractivity contribution in [1.82, 2.24) is 4.89 Å². The maximum atomic E-state index is 11.8. The third-order valence-corrected chi connectivity index (χ3v) is 3.92. The Balaban J connectivity index is 2.19. The van der Waals surface area contributed by atoms with Crippen molar-refractivity contribution in [2.45, 2.75) is 24.2 Å². The quantitative estimate of drug-likeness (QED) is 0.494. The molecule has 0 saturated carbocycles. The Bertz CT molecular complexity index is 558. The van der Waals surface area contributed by atoms with Crippen LogP contribution in [-0.2, 0) is 27.7 Å². The Morgan fingerprint density at radius 1 is 1.35 bits per heavy atom. The average Bonchev–Trinajstić information content (AvgIpc) is 2.76. The summed E-state index contributed by atoms with van der Waals surface area (Å²) in [6.45, 7) is -0.0931. The minimum atomic E-state index is -3.62. The van der Waals surface area contributed by atoms with Crippen LogP contribution < -0.4 is 4.89 Å². The van der Waals surface area contributed by atoms with E-state index in [9.17, 15) is 8.42 Å². The molecule has 0 heterocycles. The van der Waals surface area contributed by atoms with E-state index in [0.29, 0.717) is 0 Å². The van der Waals surface area contributed by atoms with Gasteiger partial charge in [-0.3, -0.25) is 4.84 Å². The van der Waals surface area contributed by atoms with Crippen molar-refractivity contribution in [3.63, 3.8) is 0 Å². The highest BCUT2D eigenvalue weighted by molar-refractivity contribution is 7.89. The maximum absolute atomic E-state index is 11.8. The first kappa shape index (κ1) is 12.1. The minimum absolute atomic E-state index is 0.0931. The molecule has 17 heavy (non-hydrogen) atoms. The first-order valence-electron chi connectivity index (χ1n) is 5.32. The van der Waals surface area contributed by atoms with Crippen molar-refractivity contribution in [3.05, 3.63) is 29.3 Å². The standard InChI is InChI=1S/C12H13NO3S/c1-2-8-16-13-17(14,15)12-7-6-10-4-3-5-11(10)9-12/h1,6-7,9,13H,3-5,8H2. The van der Waals surface area contributed by atoms with Crippen LogP contribution in [0, 0.1) is 12.3 Å². The van der Waals surface area contributed by atoms with Crippen LogP contribution in [-0.4, -0.2) is 15.0 Å². The van der Waals surface area contributed by atoms with Gasteiger partial charge in [0.1, 0.15) is 6.61 Å². The zero-order chi connectivity index (χ0) is 12.3. The van der Waals surface area contributed by atoms with Gasteiger partial charge in [-0.05, 0) is 42.5 Å². The number of benzene rings is 1. The summed E-state index contributed by atoms with van der Waals surface area (Å²) in [6, 6.07) is 5.15. The van der Waals surface area contributed by atoms with E-state index in [1.54, 1.807) is 12.1 Å². The molecular weight excluding hydrogens is 238 g/mol. The topological polar surface area (TPSA) is 55.4 Å². The lowest BCUT2D eigenvalue weighted by molar-refractivity contribution is 0.123. The second kappa shape index (κ2) is 4.88. The number of hydrogen-bond donors (Lipinski definition) is 1. The lowest BCUT2D eigenvalue weighted by Gasteiger charge is -2.07. The van der Waals surface area contributed by atoms with Crippen molar-refractivity contribution >= 4 is 10.0 Å². The van der Waals surface area contributed by atoms with Crippen LogP contribution in [0.3, 0.4) is 0 Å². The van der Waals surface area contributed by atoms with Gasteiger partial charge in [0.2, 0.25) is 0 Å². The molecule has 1 aliphatic carbocycles. The van der Waals surface area contributed by atoms with E-state index >= 15 is 0 Å². The Kier molecular flexibility index (Phi) is 3.48. The molecule has 5 heteroatoms. The van der Waals surface area contributed by atoms with E-state index in [4.69, 9.17) is 6.42 Å². The largest absolute Gasteiger partial charge is 0.274 e. The summed E-state index contributed by atoms with van der Waals surface area (Å²) < 4.78 is 23.6. The third kappa shape index (κ3) is 2.67. The minimum Gasteiger partial charge on any atom is -0.274 e. The molecular formula is C12H13NO3S. The number of fused-ring (bicyclic) bond motifs is 1. The van der Waals surface area contributed by atoms with E-state index in [0.717, 1.165) is 24.8 Å². The molecule has 0 atom stereocenters. The summed E-state index contributed by atoms with van der Waals surface area (Å²) in [4.78, 5) is 6.86. The maximum Gasteiger partial charge on any atom is 0.262 e. The predicted octanol–water partition coefficient (Wildman–Crippen LogP) is 1.02. The van der Waals surface area contributed by atoms with E-state index in [1.165, 1.54) is 5.56 Å². The zero-order valence-electron chi connectivity index (χ0n) is 9.27. The molecule has 0 aromatic heterocycles. The highest BCUT2D eigenvalue weighted by atomic mass is 32.2. The summed E-state index contributed by atoms with van der Waals surface area (Å²) in [5, 5.41) is 0. The normalized spacial score (nSPS) is 14.3. The lowest BCUT2D eigenvalue weighted by Crippen LogP contribution is -2.24. The van der Waals surface area contributed by atoms with Crippen molar-refractivity contribution in [2.75, 3.05) is 6.61 Å². The van der Waals surface area contributed by atoms with Crippen molar-refractivity contribution in [2.24, 2.45) is 0 Å². The van der Waals surface area contributed by atoms with Crippen LogP contribution in [0.4, 0.5) is 0 Å². The number of rotatable bonds is 4. The lowest BCUT2D eigenvalue weighted by atomic mass is 10.1. The molecule has 0 spiro atoms. The fourth-order valence-electron chi connectivity index (χ4n) is 1.91. The molecule has 0 bridgehead atoms. The number of nitrogens with one attached hydrogen (secondary N) is 1. The van der Waals surface area contributed by atoms with Crippen LogP contribution in [0.15, 0.2) is 23.1 Å². The molecule has 0 unspecified atom stereocenters. The summed E-state index contributed by atoms with van der Waals surface area (Å²) >= 11 is 0. The molecule has 1 aromatic rings. The van der Waals surface area contributed by atoms with Gasteiger partial charge in [-0.25, -0.2) is 8.42 Å². The fourth-order valence-corrected chi connectivity index (χ4v) is 2.77. The highest BCUT2D eigenvalue weighted by Crippen LogP contribution is 2.24. The number of hydrogen-bond acceptors (Lipinski definition) is 3. The van der Waals surface area contributed by atoms with Gasteiger partial charge >= 0.3 is 0 Å². The van der Waals surface area contributed by atoms with Crippen LogP contribution in [0.1, 0.15) is 17.5 Å². The van der Waals surface area contributed by atoms with Gasteiger partial charge in [0.15, 0.2) is 0 Å². The number of sulfonamides is 1. The molecule has 1 aliphatic rings. The molecule has 2 rings (SSSR count). The van der Waals surface area contributed by atoms with Crippen LogP contribution in [0.25, 0.3) is 0 Å². The Labute approximate surface area is 101 Å². The van der Waals surface area contributed by atoms with Crippen LogP contribution >= 0.6 is 0 Å². The van der Waals surface area contributed by atoms with Gasteiger partial charge in [0.05, 0.1) is 4.90 Å². The monoisotopic (exact) mass is 251 g/mol. The first-order valence-corrected chi connectivity index (χ1v) is 6.80. The molecule has 1 N–H and O–H groups in total. The average molecular weight is 251 g/mol. The Morgan fingerprint density at radius 3 is 2.88 bits per heavy atom. The van der Waals surface area contributed by atoms with Gasteiger partial charge in [-0.1, -0.05) is 16.9 Å². The van der Waals surface area contributed by atoms with Gasteiger partial charge < -0.3 is 0 Å². The molecule has 90 valence electrons. The van der Waals surface area contributed by atoms with Crippen LogP contribution in [0.2, 0.25) is 0 Å². The summed E-state index contributed by atoms with van der Waals surface area (Å²) in [5.74, 6) is 2.18. The molecule has 1 aromatic carbocycles. The third-order valence-electron chi connectivity index (χ3n) is 2.70. The molecule has 0 radical (unpaired) electrons. The molecule has 0 amide bonds. The zero-order valence-corrected chi connectivity index (χ0v) is 10.1. The molecule has 4 nitrogen and oxygen atoms in total. The van der Waals surface area contributed by atoms with Gasteiger partial charge in [0.25, 0.3) is 10.0 Å². The van der Waals surface area contributed by atoms with E-state index in [1.807, 2.05) is 11.0 Å². The van der Waals surface area contributed by atoms with E-state index < -0.39 is 10.0 Å². The van der Waals surface area contributed by atoms with Crippen molar-refractivity contribution < 1.29 is 13.3 Å².